The molecule has 26 heavy (non-hydrogen) atoms. The minimum atomic E-state index is -3.75. The van der Waals surface area contributed by atoms with Gasteiger partial charge in [0, 0.05) is 18.8 Å². The summed E-state index contributed by atoms with van der Waals surface area (Å²) in [6.45, 7) is 6.06. The van der Waals surface area contributed by atoms with Crippen molar-refractivity contribution in [3.05, 3.63) is 24.3 Å². The van der Waals surface area contributed by atoms with E-state index >= 15 is 0 Å². The first-order valence-corrected chi connectivity index (χ1v) is 10.8. The average Bonchev–Trinajstić information content (AvgIpc) is 2.55. The average molecular weight is 383 g/mol. The zero-order valence-corrected chi connectivity index (χ0v) is 16.9. The van der Waals surface area contributed by atoms with Gasteiger partial charge in [-0.2, -0.15) is 0 Å². The van der Waals surface area contributed by atoms with Crippen molar-refractivity contribution >= 4 is 21.6 Å². The van der Waals surface area contributed by atoms with Gasteiger partial charge in [0.2, 0.25) is 15.9 Å². The van der Waals surface area contributed by atoms with Crippen molar-refractivity contribution in [3.8, 4) is 5.75 Å². The maximum absolute atomic E-state index is 12.4. The smallest absolute Gasteiger partial charge is 0.241 e. The Kier molecular flexibility index (Phi) is 6.92. The van der Waals surface area contributed by atoms with Crippen LogP contribution in [0.2, 0.25) is 0 Å². The summed E-state index contributed by atoms with van der Waals surface area (Å²) >= 11 is 0. The summed E-state index contributed by atoms with van der Waals surface area (Å²) in [5, 5.41) is 0. The molecular weight excluding hydrogens is 352 g/mol. The van der Waals surface area contributed by atoms with E-state index in [1.54, 1.807) is 36.2 Å². The number of nitrogens with zero attached hydrogens (tertiary/aromatic N) is 1. The lowest BCUT2D eigenvalue weighted by atomic mass is 9.87. The fraction of sp³-hybridized carbons (Fsp3) is 0.632. The lowest BCUT2D eigenvalue weighted by Gasteiger charge is -2.33. The third-order valence-electron chi connectivity index (χ3n) is 4.74. The van der Waals surface area contributed by atoms with Gasteiger partial charge in [0.05, 0.1) is 6.10 Å². The van der Waals surface area contributed by atoms with E-state index in [0.717, 1.165) is 25.7 Å². The van der Waals surface area contributed by atoms with Crippen molar-refractivity contribution in [1.29, 1.82) is 0 Å². The van der Waals surface area contributed by atoms with E-state index in [9.17, 15) is 13.2 Å². The van der Waals surface area contributed by atoms with Crippen LogP contribution in [0, 0.1) is 5.92 Å². The Morgan fingerprint density at radius 1 is 1.19 bits per heavy atom. The maximum Gasteiger partial charge on any atom is 0.241 e. The number of carbonyl (C=O) groups excluding carboxylic acids is 1. The SMILES string of the molecule is CC1CCC(N(C)C(=O)CS(=O)(=O)Nc2ccc(OC(C)C)cc2)CC1. The summed E-state index contributed by atoms with van der Waals surface area (Å²) < 4.78 is 32.6. The fourth-order valence-electron chi connectivity index (χ4n) is 3.19. The molecule has 0 aliphatic heterocycles. The van der Waals surface area contributed by atoms with Crippen LogP contribution in [-0.2, 0) is 14.8 Å². The molecule has 1 aromatic rings. The van der Waals surface area contributed by atoms with Gasteiger partial charge in [-0.05, 0) is 69.7 Å². The molecule has 2 rings (SSSR count). The molecule has 1 aromatic carbocycles. The molecule has 0 unspecified atom stereocenters. The highest BCUT2D eigenvalue weighted by atomic mass is 32.2. The highest BCUT2D eigenvalue weighted by Crippen LogP contribution is 2.26. The number of anilines is 1. The summed E-state index contributed by atoms with van der Waals surface area (Å²) in [6.07, 6.45) is 4.09. The first kappa shape index (κ1) is 20.6. The van der Waals surface area contributed by atoms with Crippen LogP contribution in [0.1, 0.15) is 46.5 Å². The predicted octanol–water partition coefficient (Wildman–Crippen LogP) is 3.25. The molecule has 1 aliphatic rings. The van der Waals surface area contributed by atoms with Gasteiger partial charge in [-0.3, -0.25) is 9.52 Å². The van der Waals surface area contributed by atoms with Crippen LogP contribution in [0.15, 0.2) is 24.3 Å². The van der Waals surface area contributed by atoms with Crippen molar-refractivity contribution in [2.24, 2.45) is 5.92 Å². The second-order valence-electron chi connectivity index (χ2n) is 7.47. The van der Waals surface area contributed by atoms with Gasteiger partial charge in [0.25, 0.3) is 0 Å². The van der Waals surface area contributed by atoms with Crippen LogP contribution >= 0.6 is 0 Å². The highest BCUT2D eigenvalue weighted by Gasteiger charge is 2.27. The molecule has 1 aliphatic carbocycles. The van der Waals surface area contributed by atoms with Gasteiger partial charge in [0.1, 0.15) is 11.5 Å². The number of nitrogens with one attached hydrogen (secondary N) is 1. The predicted molar refractivity (Wildman–Crippen MR) is 104 cm³/mol. The topological polar surface area (TPSA) is 75.7 Å². The quantitative estimate of drug-likeness (QED) is 0.785. The Hall–Kier alpha value is -1.76. The summed E-state index contributed by atoms with van der Waals surface area (Å²) in [4.78, 5) is 14.0. The van der Waals surface area contributed by atoms with Gasteiger partial charge >= 0.3 is 0 Å². The molecule has 0 saturated heterocycles. The third-order valence-corrected chi connectivity index (χ3v) is 5.91. The zero-order valence-electron chi connectivity index (χ0n) is 16.1. The number of amides is 1. The monoisotopic (exact) mass is 382 g/mol. The molecule has 0 aromatic heterocycles. The fourth-order valence-corrected chi connectivity index (χ4v) is 4.28. The third kappa shape index (κ3) is 6.20. The zero-order chi connectivity index (χ0) is 19.3. The van der Waals surface area contributed by atoms with Crippen LogP contribution in [0.3, 0.4) is 0 Å². The van der Waals surface area contributed by atoms with Crippen molar-refractivity contribution < 1.29 is 17.9 Å². The van der Waals surface area contributed by atoms with E-state index in [0.29, 0.717) is 17.4 Å². The number of sulfonamides is 1. The summed E-state index contributed by atoms with van der Waals surface area (Å²) in [5.41, 5.74) is 0.419. The minimum absolute atomic E-state index is 0.0495. The number of benzene rings is 1. The van der Waals surface area contributed by atoms with Gasteiger partial charge in [-0.25, -0.2) is 8.42 Å². The largest absolute Gasteiger partial charge is 0.491 e. The Labute approximate surface area is 157 Å². The lowest BCUT2D eigenvalue weighted by molar-refractivity contribution is -0.129. The normalized spacial score (nSPS) is 20.7. The lowest BCUT2D eigenvalue weighted by Crippen LogP contribution is -2.42. The number of hydrogen-bond donors (Lipinski definition) is 1. The first-order valence-electron chi connectivity index (χ1n) is 9.19. The molecule has 0 radical (unpaired) electrons. The van der Waals surface area contributed by atoms with Crippen LogP contribution in [0.4, 0.5) is 5.69 Å². The molecular formula is C19H30N2O4S. The Morgan fingerprint density at radius 3 is 2.31 bits per heavy atom. The molecule has 1 saturated carbocycles. The summed E-state index contributed by atoms with van der Waals surface area (Å²) in [5.74, 6) is 0.449. The van der Waals surface area contributed by atoms with Crippen LogP contribution in [0.25, 0.3) is 0 Å². The van der Waals surface area contributed by atoms with E-state index in [1.807, 2.05) is 13.8 Å². The van der Waals surface area contributed by atoms with E-state index in [2.05, 4.69) is 11.6 Å². The molecule has 0 heterocycles. The number of rotatable bonds is 7. The Bertz CT molecular complexity index is 693. The summed E-state index contributed by atoms with van der Waals surface area (Å²) in [6, 6.07) is 6.81. The molecule has 0 atom stereocenters. The molecule has 1 amide bonds. The molecule has 1 N–H and O–H groups in total. The van der Waals surface area contributed by atoms with Crippen molar-refractivity contribution in [3.63, 3.8) is 0 Å². The molecule has 1 fully saturated rings. The second kappa shape index (κ2) is 8.75. The van der Waals surface area contributed by atoms with E-state index < -0.39 is 15.8 Å². The molecule has 6 nitrogen and oxygen atoms in total. The standard InChI is InChI=1S/C19H30N2O4S/c1-14(2)25-18-11-7-16(8-12-18)20-26(23,24)13-19(22)21(4)17-9-5-15(3)6-10-17/h7-8,11-12,14-15,17,20H,5-6,9-10,13H2,1-4H3. The van der Waals surface area contributed by atoms with Gasteiger partial charge < -0.3 is 9.64 Å². The number of carbonyl (C=O) groups is 1. The van der Waals surface area contributed by atoms with Gasteiger partial charge in [-0.1, -0.05) is 6.92 Å². The molecule has 7 heteroatoms. The van der Waals surface area contributed by atoms with Gasteiger partial charge in [0.15, 0.2) is 0 Å². The van der Waals surface area contributed by atoms with Gasteiger partial charge in [-0.15, -0.1) is 0 Å². The highest BCUT2D eigenvalue weighted by molar-refractivity contribution is 7.93. The van der Waals surface area contributed by atoms with Crippen LogP contribution in [-0.4, -0.2) is 44.2 Å². The Balaban J connectivity index is 1.92. The van der Waals surface area contributed by atoms with Crippen LogP contribution in [0.5, 0.6) is 5.75 Å². The molecule has 146 valence electrons. The first-order chi connectivity index (χ1) is 12.2. The minimum Gasteiger partial charge on any atom is -0.491 e. The Morgan fingerprint density at radius 2 is 1.77 bits per heavy atom. The molecule has 0 spiro atoms. The van der Waals surface area contributed by atoms with E-state index in [4.69, 9.17) is 4.74 Å². The summed E-state index contributed by atoms with van der Waals surface area (Å²) in [7, 11) is -2.04. The van der Waals surface area contributed by atoms with Crippen LogP contribution < -0.4 is 9.46 Å². The van der Waals surface area contributed by atoms with Crippen molar-refractivity contribution in [2.75, 3.05) is 17.5 Å². The van der Waals surface area contributed by atoms with E-state index in [1.165, 1.54) is 0 Å². The number of ether oxygens (including phenoxy) is 1. The van der Waals surface area contributed by atoms with Crippen molar-refractivity contribution in [2.45, 2.75) is 58.6 Å². The maximum atomic E-state index is 12.4. The second-order valence-corrected chi connectivity index (χ2v) is 9.19. The molecule has 0 bridgehead atoms. The number of hydrogen-bond acceptors (Lipinski definition) is 4. The van der Waals surface area contributed by atoms with Crippen molar-refractivity contribution in [1.82, 2.24) is 4.90 Å². The van der Waals surface area contributed by atoms with E-state index in [-0.39, 0.29) is 18.1 Å².